The molecule has 0 aliphatic rings. The van der Waals surface area contributed by atoms with Crippen LogP contribution in [0.1, 0.15) is 15.9 Å². The van der Waals surface area contributed by atoms with Gasteiger partial charge < -0.3 is 14.2 Å². The topological polar surface area (TPSA) is 44.8 Å². The molecule has 0 aliphatic carbocycles. The number of ether oxygens (including phenoxy) is 3. The van der Waals surface area contributed by atoms with Gasteiger partial charge in [-0.1, -0.05) is 28.1 Å². The van der Waals surface area contributed by atoms with Crippen LogP contribution in [0, 0.1) is 0 Å². The van der Waals surface area contributed by atoms with Crippen LogP contribution in [-0.2, 0) is 11.3 Å². The second-order valence-corrected chi connectivity index (χ2v) is 5.19. The smallest absolute Gasteiger partial charge is 0.338 e. The fourth-order valence-electron chi connectivity index (χ4n) is 1.78. The Labute approximate surface area is 131 Å². The van der Waals surface area contributed by atoms with Gasteiger partial charge in [0.1, 0.15) is 6.61 Å². The zero-order valence-corrected chi connectivity index (χ0v) is 13.3. The van der Waals surface area contributed by atoms with Crippen LogP contribution in [0.3, 0.4) is 0 Å². The molecule has 0 N–H and O–H groups in total. The number of hydrogen-bond donors (Lipinski definition) is 0. The number of esters is 1. The fraction of sp³-hybridized carbons (Fsp3) is 0.188. The first-order valence-electron chi connectivity index (χ1n) is 6.27. The molecule has 0 aromatic heterocycles. The number of hydrogen-bond acceptors (Lipinski definition) is 4. The third kappa shape index (κ3) is 3.98. The highest BCUT2D eigenvalue weighted by Crippen LogP contribution is 2.27. The summed E-state index contributed by atoms with van der Waals surface area (Å²) >= 11 is 3.36. The van der Waals surface area contributed by atoms with E-state index in [2.05, 4.69) is 15.9 Å². The first kappa shape index (κ1) is 15.4. The molecule has 0 saturated carbocycles. The molecular weight excluding hydrogens is 336 g/mol. The fourth-order valence-corrected chi connectivity index (χ4v) is 2.04. The SMILES string of the molecule is COc1ccc(C(=O)OCc2ccc(Br)cc2)cc1OC. The summed E-state index contributed by atoms with van der Waals surface area (Å²) in [5, 5.41) is 0. The predicted octanol–water partition coefficient (Wildman–Crippen LogP) is 3.82. The highest BCUT2D eigenvalue weighted by atomic mass is 79.9. The van der Waals surface area contributed by atoms with Crippen LogP contribution in [0.5, 0.6) is 11.5 Å². The molecule has 0 spiro atoms. The summed E-state index contributed by atoms with van der Waals surface area (Å²) in [4.78, 5) is 12.0. The lowest BCUT2D eigenvalue weighted by molar-refractivity contribution is 0.0472. The molecule has 2 aromatic carbocycles. The van der Waals surface area contributed by atoms with E-state index in [9.17, 15) is 4.79 Å². The molecule has 0 heterocycles. The van der Waals surface area contributed by atoms with Gasteiger partial charge in [-0.15, -0.1) is 0 Å². The Morgan fingerprint density at radius 1 is 1.00 bits per heavy atom. The first-order valence-corrected chi connectivity index (χ1v) is 7.07. The van der Waals surface area contributed by atoms with Crippen molar-refractivity contribution in [3.8, 4) is 11.5 Å². The average Bonchev–Trinajstić information content (AvgIpc) is 2.53. The number of carbonyl (C=O) groups excluding carboxylic acids is 1. The number of benzene rings is 2. The van der Waals surface area contributed by atoms with Gasteiger partial charge in [0.25, 0.3) is 0 Å². The summed E-state index contributed by atoms with van der Waals surface area (Å²) in [5.74, 6) is 0.663. The lowest BCUT2D eigenvalue weighted by Gasteiger charge is -2.09. The molecule has 0 unspecified atom stereocenters. The van der Waals surface area contributed by atoms with Crippen molar-refractivity contribution in [3.63, 3.8) is 0 Å². The van der Waals surface area contributed by atoms with Crippen LogP contribution in [0.2, 0.25) is 0 Å². The number of methoxy groups -OCH3 is 2. The van der Waals surface area contributed by atoms with E-state index in [-0.39, 0.29) is 6.61 Å². The van der Waals surface area contributed by atoms with Crippen molar-refractivity contribution in [2.24, 2.45) is 0 Å². The van der Waals surface area contributed by atoms with Crippen LogP contribution < -0.4 is 9.47 Å². The lowest BCUT2D eigenvalue weighted by Crippen LogP contribution is -2.05. The molecule has 0 bridgehead atoms. The Morgan fingerprint density at radius 3 is 2.29 bits per heavy atom. The van der Waals surface area contributed by atoms with Gasteiger partial charge in [-0.3, -0.25) is 0 Å². The van der Waals surface area contributed by atoms with Crippen molar-refractivity contribution >= 4 is 21.9 Å². The summed E-state index contributed by atoms with van der Waals surface area (Å²) in [5.41, 5.74) is 1.34. The summed E-state index contributed by atoms with van der Waals surface area (Å²) in [6, 6.07) is 12.5. The minimum atomic E-state index is -0.404. The maximum absolute atomic E-state index is 12.0. The molecule has 21 heavy (non-hydrogen) atoms. The molecule has 2 rings (SSSR count). The third-order valence-electron chi connectivity index (χ3n) is 2.90. The van der Waals surface area contributed by atoms with Crippen LogP contribution >= 0.6 is 15.9 Å². The monoisotopic (exact) mass is 350 g/mol. The third-order valence-corrected chi connectivity index (χ3v) is 3.43. The predicted molar refractivity (Wildman–Crippen MR) is 82.8 cm³/mol. The van der Waals surface area contributed by atoms with Crippen molar-refractivity contribution in [1.29, 1.82) is 0 Å². The number of halogens is 1. The van der Waals surface area contributed by atoms with Gasteiger partial charge in [-0.05, 0) is 35.9 Å². The van der Waals surface area contributed by atoms with E-state index in [1.807, 2.05) is 24.3 Å². The molecule has 0 aliphatic heterocycles. The van der Waals surface area contributed by atoms with E-state index < -0.39 is 5.97 Å². The highest BCUT2D eigenvalue weighted by molar-refractivity contribution is 9.10. The van der Waals surface area contributed by atoms with Gasteiger partial charge in [0, 0.05) is 4.47 Å². The first-order chi connectivity index (χ1) is 10.1. The van der Waals surface area contributed by atoms with Crippen LogP contribution in [-0.4, -0.2) is 20.2 Å². The minimum absolute atomic E-state index is 0.223. The van der Waals surface area contributed by atoms with Crippen molar-refractivity contribution in [1.82, 2.24) is 0 Å². The Balaban J connectivity index is 2.04. The quantitative estimate of drug-likeness (QED) is 0.769. The van der Waals surface area contributed by atoms with E-state index in [1.165, 1.54) is 7.11 Å². The van der Waals surface area contributed by atoms with Gasteiger partial charge in [0.2, 0.25) is 0 Å². The summed E-state index contributed by atoms with van der Waals surface area (Å²) in [7, 11) is 3.07. The van der Waals surface area contributed by atoms with E-state index in [4.69, 9.17) is 14.2 Å². The van der Waals surface area contributed by atoms with Crippen molar-refractivity contribution in [3.05, 3.63) is 58.1 Å². The Bertz CT molecular complexity index is 623. The van der Waals surface area contributed by atoms with Crippen LogP contribution in [0.15, 0.2) is 46.9 Å². The molecule has 4 nitrogen and oxygen atoms in total. The maximum atomic E-state index is 12.0. The van der Waals surface area contributed by atoms with Crippen molar-refractivity contribution in [2.75, 3.05) is 14.2 Å². The second kappa shape index (κ2) is 7.13. The van der Waals surface area contributed by atoms with Gasteiger partial charge in [-0.25, -0.2) is 4.79 Å². The van der Waals surface area contributed by atoms with Gasteiger partial charge in [0.05, 0.1) is 19.8 Å². The minimum Gasteiger partial charge on any atom is -0.493 e. The molecule has 0 radical (unpaired) electrons. The average molecular weight is 351 g/mol. The molecule has 0 saturated heterocycles. The Kier molecular flexibility index (Phi) is 5.22. The maximum Gasteiger partial charge on any atom is 0.338 e. The van der Waals surface area contributed by atoms with Crippen molar-refractivity contribution in [2.45, 2.75) is 6.61 Å². The molecule has 0 fully saturated rings. The van der Waals surface area contributed by atoms with Crippen LogP contribution in [0.4, 0.5) is 0 Å². The molecule has 2 aromatic rings. The summed E-state index contributed by atoms with van der Waals surface area (Å²) < 4.78 is 16.6. The Hall–Kier alpha value is -2.01. The van der Waals surface area contributed by atoms with Gasteiger partial charge in [0.15, 0.2) is 11.5 Å². The van der Waals surface area contributed by atoms with Gasteiger partial charge >= 0.3 is 5.97 Å². The van der Waals surface area contributed by atoms with E-state index >= 15 is 0 Å². The molecular formula is C16H15BrO4. The number of rotatable bonds is 5. The molecule has 0 amide bonds. The Morgan fingerprint density at radius 2 is 1.67 bits per heavy atom. The highest BCUT2D eigenvalue weighted by Gasteiger charge is 2.12. The number of carbonyl (C=O) groups is 1. The van der Waals surface area contributed by atoms with Crippen molar-refractivity contribution < 1.29 is 19.0 Å². The van der Waals surface area contributed by atoms with Gasteiger partial charge in [-0.2, -0.15) is 0 Å². The zero-order valence-electron chi connectivity index (χ0n) is 11.8. The molecule has 5 heteroatoms. The normalized spacial score (nSPS) is 10.0. The zero-order chi connectivity index (χ0) is 15.2. The van der Waals surface area contributed by atoms with E-state index in [1.54, 1.807) is 25.3 Å². The van der Waals surface area contributed by atoms with Crippen LogP contribution in [0.25, 0.3) is 0 Å². The summed E-state index contributed by atoms with van der Waals surface area (Å²) in [6.45, 7) is 0.223. The largest absolute Gasteiger partial charge is 0.493 e. The molecule has 110 valence electrons. The second-order valence-electron chi connectivity index (χ2n) is 4.27. The lowest BCUT2D eigenvalue weighted by atomic mass is 10.2. The van der Waals surface area contributed by atoms with E-state index in [0.29, 0.717) is 17.1 Å². The summed E-state index contributed by atoms with van der Waals surface area (Å²) in [6.07, 6.45) is 0. The standard InChI is InChI=1S/C16H15BrO4/c1-19-14-8-5-12(9-15(14)20-2)16(18)21-10-11-3-6-13(17)7-4-11/h3-9H,10H2,1-2H3. The molecule has 0 atom stereocenters. The van der Waals surface area contributed by atoms with E-state index in [0.717, 1.165) is 10.0 Å².